The van der Waals surface area contributed by atoms with E-state index in [4.69, 9.17) is 21.3 Å². The van der Waals surface area contributed by atoms with Crippen LogP contribution in [-0.4, -0.2) is 65.5 Å². The summed E-state index contributed by atoms with van der Waals surface area (Å²) >= 11 is 8.77. The molecule has 42 heavy (non-hydrogen) atoms. The largest absolute Gasteiger partial charge is 0.508 e. The summed E-state index contributed by atoms with van der Waals surface area (Å²) in [5.41, 5.74) is 0.909. The predicted molar refractivity (Wildman–Crippen MR) is 169 cm³/mol. The summed E-state index contributed by atoms with van der Waals surface area (Å²) in [4.78, 5) is 11.8. The van der Waals surface area contributed by atoms with Gasteiger partial charge in [0.15, 0.2) is 5.82 Å². The summed E-state index contributed by atoms with van der Waals surface area (Å²) in [5.74, 6) is 0.500. The van der Waals surface area contributed by atoms with Gasteiger partial charge in [0.1, 0.15) is 17.1 Å². The lowest BCUT2D eigenvalue weighted by Gasteiger charge is -2.41. The van der Waals surface area contributed by atoms with Crippen LogP contribution < -0.4 is 20.3 Å². The molecule has 5 heterocycles. The molecule has 7 nitrogen and oxygen atoms in total. The molecule has 3 aromatic carbocycles. The number of ether oxygens (including phenoxy) is 1. The Balaban J connectivity index is 1.40. The summed E-state index contributed by atoms with van der Waals surface area (Å²) < 4.78 is 23.0. The fourth-order valence-electron chi connectivity index (χ4n) is 6.98. The van der Waals surface area contributed by atoms with Gasteiger partial charge in [-0.1, -0.05) is 42.8 Å². The Morgan fingerprint density at radius 2 is 2.05 bits per heavy atom. The summed E-state index contributed by atoms with van der Waals surface area (Å²) in [6.45, 7) is 6.16. The van der Waals surface area contributed by atoms with Gasteiger partial charge in [-0.2, -0.15) is 9.97 Å². The number of thioether (sulfide) groups is 1. The molecule has 4 fully saturated rings. The number of phenols is 1. The number of hydrogen-bond acceptors (Lipinski definition) is 8. The first-order chi connectivity index (χ1) is 20.3. The van der Waals surface area contributed by atoms with E-state index in [1.54, 1.807) is 18.2 Å². The van der Waals surface area contributed by atoms with E-state index < -0.39 is 5.82 Å². The Labute approximate surface area is 254 Å². The van der Waals surface area contributed by atoms with Crippen molar-refractivity contribution in [1.82, 2.24) is 20.6 Å². The number of aromatic nitrogens is 2. The molecule has 4 aromatic rings. The second-order valence-electron chi connectivity index (χ2n) is 12.2. The zero-order valence-electron chi connectivity index (χ0n) is 23.8. The molecule has 4 aliphatic rings. The molecule has 0 amide bonds. The molecule has 10 heteroatoms. The standard InChI is InChI=1S/C32H35ClFN5O2S/c1-32-9-7-20(36-30(32)42-2)15-39(17-32)29-24-13-25(33)26(23-12-21(40)11-19-5-3-4-6-22(19)23)27(34)28(24)37-31(38-29)41-16-18-8-10-35-14-18/h3-6,11-13,18,20,30,35-36,40H,7-10,14-17H2,1-2H3. The van der Waals surface area contributed by atoms with E-state index in [1.807, 2.05) is 36.0 Å². The smallest absolute Gasteiger partial charge is 0.319 e. The number of hydrogen-bond donors (Lipinski definition) is 3. The van der Waals surface area contributed by atoms with E-state index in [0.29, 0.717) is 40.7 Å². The Morgan fingerprint density at radius 3 is 2.86 bits per heavy atom. The van der Waals surface area contributed by atoms with Gasteiger partial charge < -0.3 is 25.4 Å². The van der Waals surface area contributed by atoms with Gasteiger partial charge in [0.25, 0.3) is 0 Å². The molecule has 8 rings (SSSR count). The number of anilines is 1. The van der Waals surface area contributed by atoms with Crippen molar-refractivity contribution in [3.63, 3.8) is 0 Å². The number of fused-ring (bicyclic) bond motifs is 6. The van der Waals surface area contributed by atoms with E-state index in [-0.39, 0.29) is 33.3 Å². The Bertz CT molecular complexity index is 1670. The third kappa shape index (κ3) is 4.94. The minimum atomic E-state index is -0.548. The van der Waals surface area contributed by atoms with Crippen LogP contribution in [-0.2, 0) is 0 Å². The molecule has 0 spiro atoms. The summed E-state index contributed by atoms with van der Waals surface area (Å²) in [7, 11) is 0. The number of nitrogens with zero attached hydrogens (tertiary/aromatic N) is 3. The first kappa shape index (κ1) is 28.0. The molecule has 4 unspecified atom stereocenters. The van der Waals surface area contributed by atoms with Gasteiger partial charge in [0, 0.05) is 48.0 Å². The van der Waals surface area contributed by atoms with Gasteiger partial charge in [0.2, 0.25) is 0 Å². The summed E-state index contributed by atoms with van der Waals surface area (Å²) in [6, 6.07) is 13.1. The van der Waals surface area contributed by atoms with Crippen molar-refractivity contribution < 1.29 is 14.2 Å². The van der Waals surface area contributed by atoms with Gasteiger partial charge in [-0.3, -0.25) is 0 Å². The van der Waals surface area contributed by atoms with Crippen molar-refractivity contribution in [3.8, 4) is 22.9 Å². The Hall–Kier alpha value is -2.85. The second-order valence-corrected chi connectivity index (χ2v) is 13.6. The van der Waals surface area contributed by atoms with Crippen molar-refractivity contribution in [2.75, 3.05) is 43.9 Å². The van der Waals surface area contributed by atoms with E-state index in [2.05, 4.69) is 33.7 Å². The predicted octanol–water partition coefficient (Wildman–Crippen LogP) is 6.20. The van der Waals surface area contributed by atoms with Crippen molar-refractivity contribution in [1.29, 1.82) is 0 Å². The van der Waals surface area contributed by atoms with Crippen LogP contribution in [0.3, 0.4) is 0 Å². The number of nitrogens with one attached hydrogen (secondary N) is 2. The maximum atomic E-state index is 16.8. The molecular formula is C32H35ClFN5O2S. The molecule has 220 valence electrons. The van der Waals surface area contributed by atoms with Crippen molar-refractivity contribution in [2.45, 2.75) is 37.6 Å². The zero-order valence-corrected chi connectivity index (χ0v) is 25.4. The lowest BCUT2D eigenvalue weighted by atomic mass is 9.81. The number of phenolic OH excluding ortho intramolecular Hbond substituents is 1. The minimum Gasteiger partial charge on any atom is -0.508 e. The fraction of sp³-hybridized carbons (Fsp3) is 0.438. The summed E-state index contributed by atoms with van der Waals surface area (Å²) in [6.07, 6.45) is 5.36. The Kier molecular flexibility index (Phi) is 7.33. The van der Waals surface area contributed by atoms with E-state index in [9.17, 15) is 5.11 Å². The highest BCUT2D eigenvalue weighted by Crippen LogP contribution is 2.45. The van der Waals surface area contributed by atoms with Crippen molar-refractivity contribution in [2.24, 2.45) is 11.3 Å². The number of benzene rings is 3. The van der Waals surface area contributed by atoms with Crippen LogP contribution in [0, 0.1) is 17.2 Å². The SMILES string of the molecule is CSC1NC2CCC1(C)CN(c1nc(OCC3CCNC3)nc3c(F)c(-c4cc(O)cc5ccccc45)c(Cl)cc13)C2. The lowest BCUT2D eigenvalue weighted by Crippen LogP contribution is -2.50. The van der Waals surface area contributed by atoms with Gasteiger partial charge in [-0.05, 0) is 66.6 Å². The molecule has 4 aliphatic heterocycles. The fourth-order valence-corrected chi connectivity index (χ4v) is 8.37. The number of piperidine rings is 1. The maximum absolute atomic E-state index is 16.8. The lowest BCUT2D eigenvalue weighted by molar-refractivity contribution is 0.218. The highest BCUT2D eigenvalue weighted by Gasteiger charge is 2.45. The number of rotatable bonds is 6. The number of halogens is 2. The molecule has 0 saturated carbocycles. The summed E-state index contributed by atoms with van der Waals surface area (Å²) in [5, 5.41) is 20.4. The molecule has 0 radical (unpaired) electrons. The van der Waals surface area contributed by atoms with Gasteiger partial charge in [-0.15, -0.1) is 11.8 Å². The van der Waals surface area contributed by atoms with Gasteiger partial charge in [0.05, 0.1) is 17.0 Å². The first-order valence-electron chi connectivity index (χ1n) is 14.6. The van der Waals surface area contributed by atoms with Crippen LogP contribution >= 0.6 is 23.4 Å². The van der Waals surface area contributed by atoms with Crippen LogP contribution in [0.2, 0.25) is 5.02 Å². The zero-order chi connectivity index (χ0) is 29.0. The third-order valence-electron chi connectivity index (χ3n) is 9.18. The van der Waals surface area contributed by atoms with E-state index in [1.165, 1.54) is 0 Å². The van der Waals surface area contributed by atoms with E-state index in [0.717, 1.165) is 56.2 Å². The van der Waals surface area contributed by atoms with Gasteiger partial charge in [-0.25, -0.2) is 4.39 Å². The average Bonchev–Trinajstić information content (AvgIpc) is 3.39. The quantitative estimate of drug-likeness (QED) is 0.239. The molecule has 0 aliphatic carbocycles. The van der Waals surface area contributed by atoms with Crippen LogP contribution in [0.25, 0.3) is 32.8 Å². The normalized spacial score (nSPS) is 25.8. The van der Waals surface area contributed by atoms with Crippen LogP contribution in [0.15, 0.2) is 42.5 Å². The van der Waals surface area contributed by atoms with Crippen LogP contribution in [0.1, 0.15) is 26.2 Å². The van der Waals surface area contributed by atoms with Crippen LogP contribution in [0.4, 0.5) is 10.2 Å². The maximum Gasteiger partial charge on any atom is 0.319 e. The van der Waals surface area contributed by atoms with Crippen molar-refractivity contribution >= 4 is 50.9 Å². The topological polar surface area (TPSA) is 82.5 Å². The van der Waals surface area contributed by atoms with Crippen molar-refractivity contribution in [3.05, 3.63) is 53.3 Å². The highest BCUT2D eigenvalue weighted by molar-refractivity contribution is 7.99. The highest BCUT2D eigenvalue weighted by atomic mass is 35.5. The van der Waals surface area contributed by atoms with Gasteiger partial charge >= 0.3 is 6.01 Å². The molecule has 3 N–H and O–H groups in total. The van der Waals surface area contributed by atoms with E-state index >= 15 is 4.39 Å². The molecule has 2 bridgehead atoms. The molecule has 4 saturated heterocycles. The van der Waals surface area contributed by atoms with Crippen LogP contribution in [0.5, 0.6) is 11.8 Å². The average molecular weight is 608 g/mol. The second kappa shape index (κ2) is 11.0. The number of aromatic hydroxyl groups is 1. The molecule has 1 aromatic heterocycles. The third-order valence-corrected chi connectivity index (χ3v) is 10.7. The monoisotopic (exact) mass is 607 g/mol. The molecule has 4 atom stereocenters. The first-order valence-corrected chi connectivity index (χ1v) is 16.3. The molecular weight excluding hydrogens is 573 g/mol. The minimum absolute atomic E-state index is 0.0169. The Morgan fingerprint density at radius 1 is 1.19 bits per heavy atom.